The van der Waals surface area contributed by atoms with Gasteiger partial charge in [0.25, 0.3) is 0 Å². The monoisotopic (exact) mass is 262 g/mol. The Balaban J connectivity index is 2.17. The lowest BCUT2D eigenvalue weighted by Gasteiger charge is -2.04. The molecule has 0 unspecified atom stereocenters. The summed E-state index contributed by atoms with van der Waals surface area (Å²) in [7, 11) is 1.59. The molecule has 0 saturated heterocycles. The number of rotatable bonds is 4. The number of benzene rings is 1. The summed E-state index contributed by atoms with van der Waals surface area (Å²) in [5.74, 6) is -0.707. The van der Waals surface area contributed by atoms with Gasteiger partial charge in [-0.3, -0.25) is 9.36 Å². The largest absolute Gasteiger partial charge is 0.419 e. The number of amides is 1. The maximum atomic E-state index is 11.6. The Kier molecular flexibility index (Phi) is 3.50. The van der Waals surface area contributed by atoms with E-state index in [1.165, 1.54) is 11.5 Å². The van der Waals surface area contributed by atoms with Crippen LogP contribution >= 0.6 is 0 Å². The Bertz CT molecular complexity index is 696. The average Bonchev–Trinajstić information content (AvgIpc) is 2.63. The molecule has 6 nitrogen and oxygen atoms in total. The second-order valence-electron chi connectivity index (χ2n) is 4.36. The maximum Gasteiger partial charge on any atom is 0.419 e. The third kappa shape index (κ3) is 2.90. The minimum atomic E-state index is -0.449. The van der Waals surface area contributed by atoms with E-state index in [1.54, 1.807) is 25.2 Å². The van der Waals surface area contributed by atoms with Gasteiger partial charge in [0.1, 0.15) is 5.78 Å². The van der Waals surface area contributed by atoms with Crippen molar-refractivity contribution in [3.05, 3.63) is 28.7 Å². The zero-order chi connectivity index (χ0) is 14.0. The fourth-order valence-corrected chi connectivity index (χ4v) is 1.72. The number of carbonyl (C=O) groups is 2. The van der Waals surface area contributed by atoms with Gasteiger partial charge in [-0.05, 0) is 25.1 Å². The van der Waals surface area contributed by atoms with Gasteiger partial charge in [0.05, 0.1) is 5.52 Å². The van der Waals surface area contributed by atoms with Crippen molar-refractivity contribution in [1.29, 1.82) is 0 Å². The minimum Gasteiger partial charge on any atom is -0.408 e. The number of oxazole rings is 1. The number of ketones is 1. The van der Waals surface area contributed by atoms with Gasteiger partial charge in [-0.15, -0.1) is 0 Å². The first-order valence-electron chi connectivity index (χ1n) is 5.86. The molecule has 1 amide bonds. The molecule has 0 radical (unpaired) electrons. The second-order valence-corrected chi connectivity index (χ2v) is 4.36. The normalized spacial score (nSPS) is 10.6. The van der Waals surface area contributed by atoms with E-state index < -0.39 is 5.76 Å². The third-order valence-corrected chi connectivity index (χ3v) is 2.78. The van der Waals surface area contributed by atoms with Gasteiger partial charge in [-0.2, -0.15) is 0 Å². The molecule has 1 heterocycles. The summed E-state index contributed by atoms with van der Waals surface area (Å²) >= 11 is 0. The van der Waals surface area contributed by atoms with E-state index >= 15 is 0 Å². The van der Waals surface area contributed by atoms with Crippen molar-refractivity contribution in [3.8, 4) is 0 Å². The van der Waals surface area contributed by atoms with E-state index in [4.69, 9.17) is 4.42 Å². The van der Waals surface area contributed by atoms with E-state index in [0.717, 1.165) is 0 Å². The van der Waals surface area contributed by atoms with Crippen LogP contribution in [0.1, 0.15) is 19.8 Å². The highest BCUT2D eigenvalue weighted by atomic mass is 16.4. The van der Waals surface area contributed by atoms with Crippen molar-refractivity contribution in [2.45, 2.75) is 19.8 Å². The summed E-state index contributed by atoms with van der Waals surface area (Å²) in [5, 5.41) is 2.68. The average molecular weight is 262 g/mol. The molecule has 0 aliphatic heterocycles. The van der Waals surface area contributed by atoms with Crippen LogP contribution in [0.2, 0.25) is 0 Å². The Morgan fingerprint density at radius 1 is 1.32 bits per heavy atom. The predicted molar refractivity (Wildman–Crippen MR) is 70.0 cm³/mol. The van der Waals surface area contributed by atoms with Crippen LogP contribution in [0.15, 0.2) is 27.4 Å². The van der Waals surface area contributed by atoms with Crippen LogP contribution in [-0.2, 0) is 16.6 Å². The summed E-state index contributed by atoms with van der Waals surface area (Å²) in [5.41, 5.74) is 1.64. The quantitative estimate of drug-likeness (QED) is 0.903. The van der Waals surface area contributed by atoms with Crippen molar-refractivity contribution in [2.24, 2.45) is 7.05 Å². The standard InChI is InChI=1S/C13H14N2O4/c1-8(16)3-6-12(17)14-9-4-5-11-10(7-9)15(2)13(18)19-11/h4-5,7H,3,6H2,1-2H3,(H,14,17). The lowest BCUT2D eigenvalue weighted by Crippen LogP contribution is -2.12. The molecule has 0 atom stereocenters. The maximum absolute atomic E-state index is 11.6. The van der Waals surface area contributed by atoms with Crippen molar-refractivity contribution in [1.82, 2.24) is 4.57 Å². The van der Waals surface area contributed by atoms with Gasteiger partial charge in [0.2, 0.25) is 5.91 Å². The summed E-state index contributed by atoms with van der Waals surface area (Å²) in [6.45, 7) is 1.45. The highest BCUT2D eigenvalue weighted by molar-refractivity contribution is 5.94. The molecule has 0 aliphatic rings. The smallest absolute Gasteiger partial charge is 0.408 e. The molecule has 2 aromatic rings. The first-order chi connectivity index (χ1) is 8.97. The molecular formula is C13H14N2O4. The van der Waals surface area contributed by atoms with Gasteiger partial charge >= 0.3 is 5.76 Å². The van der Waals surface area contributed by atoms with Gasteiger partial charge in [-0.25, -0.2) is 4.79 Å². The van der Waals surface area contributed by atoms with Crippen LogP contribution in [0.25, 0.3) is 11.1 Å². The molecular weight excluding hydrogens is 248 g/mol. The summed E-state index contributed by atoms with van der Waals surface area (Å²) in [4.78, 5) is 33.7. The minimum absolute atomic E-state index is 0.0252. The number of nitrogens with zero attached hydrogens (tertiary/aromatic N) is 1. The SMILES string of the molecule is CC(=O)CCC(=O)Nc1ccc2oc(=O)n(C)c2c1. The molecule has 6 heteroatoms. The van der Waals surface area contributed by atoms with Gasteiger partial charge in [-0.1, -0.05) is 0 Å². The highest BCUT2D eigenvalue weighted by Gasteiger charge is 2.08. The first kappa shape index (κ1) is 13.1. The number of fused-ring (bicyclic) bond motifs is 1. The lowest BCUT2D eigenvalue weighted by molar-refractivity contribution is -0.121. The summed E-state index contributed by atoms with van der Waals surface area (Å²) < 4.78 is 6.35. The van der Waals surface area contributed by atoms with Crippen LogP contribution in [-0.4, -0.2) is 16.3 Å². The van der Waals surface area contributed by atoms with Crippen LogP contribution in [0.5, 0.6) is 0 Å². The molecule has 0 bridgehead atoms. The number of hydrogen-bond donors (Lipinski definition) is 1. The molecule has 0 aliphatic carbocycles. The topological polar surface area (TPSA) is 81.3 Å². The van der Waals surface area contributed by atoms with Crippen molar-refractivity contribution >= 4 is 28.5 Å². The van der Waals surface area contributed by atoms with E-state index in [-0.39, 0.29) is 24.5 Å². The Hall–Kier alpha value is -2.37. The molecule has 1 aromatic heterocycles. The van der Waals surface area contributed by atoms with E-state index in [9.17, 15) is 14.4 Å². The van der Waals surface area contributed by atoms with Crippen LogP contribution in [0, 0.1) is 0 Å². The highest BCUT2D eigenvalue weighted by Crippen LogP contribution is 2.17. The van der Waals surface area contributed by atoms with Gasteiger partial charge in [0, 0.05) is 25.6 Å². The van der Waals surface area contributed by atoms with Gasteiger partial charge < -0.3 is 14.5 Å². The number of nitrogens with one attached hydrogen (secondary N) is 1. The van der Waals surface area contributed by atoms with E-state index in [2.05, 4.69) is 5.32 Å². The second kappa shape index (κ2) is 5.09. The van der Waals surface area contributed by atoms with Crippen molar-refractivity contribution < 1.29 is 14.0 Å². The van der Waals surface area contributed by atoms with Gasteiger partial charge in [0.15, 0.2) is 5.58 Å². The molecule has 1 aromatic carbocycles. The molecule has 0 spiro atoms. The van der Waals surface area contributed by atoms with E-state index in [1.807, 2.05) is 0 Å². The molecule has 19 heavy (non-hydrogen) atoms. The molecule has 0 saturated carbocycles. The first-order valence-corrected chi connectivity index (χ1v) is 5.86. The Labute approximate surface area is 109 Å². The van der Waals surface area contributed by atoms with Crippen LogP contribution in [0.3, 0.4) is 0 Å². The molecule has 1 N–H and O–H groups in total. The predicted octanol–water partition coefficient (Wildman–Crippen LogP) is 1.44. The third-order valence-electron chi connectivity index (χ3n) is 2.78. The number of aromatic nitrogens is 1. The molecule has 2 rings (SSSR count). The fourth-order valence-electron chi connectivity index (χ4n) is 1.72. The number of Topliss-reactive ketones (excluding diaryl/α,β-unsaturated/α-hetero) is 1. The van der Waals surface area contributed by atoms with Crippen molar-refractivity contribution in [3.63, 3.8) is 0 Å². The number of hydrogen-bond acceptors (Lipinski definition) is 4. The summed E-state index contributed by atoms with van der Waals surface area (Å²) in [6.07, 6.45) is 0.371. The summed E-state index contributed by atoms with van der Waals surface area (Å²) in [6, 6.07) is 4.93. The zero-order valence-electron chi connectivity index (χ0n) is 10.7. The number of anilines is 1. The van der Waals surface area contributed by atoms with Crippen LogP contribution < -0.4 is 11.1 Å². The zero-order valence-corrected chi connectivity index (χ0v) is 10.7. The van der Waals surface area contributed by atoms with Crippen LogP contribution in [0.4, 0.5) is 5.69 Å². The van der Waals surface area contributed by atoms with Crippen molar-refractivity contribution in [2.75, 3.05) is 5.32 Å². The Morgan fingerprint density at radius 2 is 2.05 bits per heavy atom. The fraction of sp³-hybridized carbons (Fsp3) is 0.308. The molecule has 0 fully saturated rings. The number of aryl methyl sites for hydroxylation is 1. The van der Waals surface area contributed by atoms with E-state index in [0.29, 0.717) is 16.8 Å². The molecule has 100 valence electrons. The lowest BCUT2D eigenvalue weighted by atomic mass is 10.2. The Morgan fingerprint density at radius 3 is 2.74 bits per heavy atom. The number of carbonyl (C=O) groups excluding carboxylic acids is 2.